The van der Waals surface area contributed by atoms with Crippen molar-refractivity contribution in [1.29, 1.82) is 0 Å². The standard InChI is InChI=1S/C15H12F3N3O4/c16-15(17,18)25-13-7-2-1-4-10(13)9-19-14(22)20-11-5-3-6-12(8-11)21(23)24/h1-8H,9H2,(H2,19,20,22). The average Bonchev–Trinajstić information content (AvgIpc) is 2.53. The quantitative estimate of drug-likeness (QED) is 0.630. The van der Waals surface area contributed by atoms with Crippen LogP contribution in [0, 0.1) is 10.1 Å². The van der Waals surface area contributed by atoms with Crippen LogP contribution < -0.4 is 15.4 Å². The summed E-state index contributed by atoms with van der Waals surface area (Å²) < 4.78 is 40.9. The minimum Gasteiger partial charge on any atom is -0.405 e. The first-order valence-corrected chi connectivity index (χ1v) is 6.87. The molecule has 2 aromatic carbocycles. The van der Waals surface area contributed by atoms with E-state index in [1.165, 1.54) is 36.4 Å². The van der Waals surface area contributed by atoms with Crippen LogP contribution in [-0.4, -0.2) is 17.3 Å². The summed E-state index contributed by atoms with van der Waals surface area (Å²) in [5, 5.41) is 15.4. The average molecular weight is 355 g/mol. The number of carbonyl (C=O) groups excluding carboxylic acids is 1. The number of hydrogen-bond acceptors (Lipinski definition) is 4. The Hall–Kier alpha value is -3.30. The third-order valence-corrected chi connectivity index (χ3v) is 2.95. The van der Waals surface area contributed by atoms with Crippen LogP contribution in [0.2, 0.25) is 0 Å². The number of carbonyl (C=O) groups is 1. The van der Waals surface area contributed by atoms with Crippen LogP contribution in [0.15, 0.2) is 48.5 Å². The zero-order valence-corrected chi connectivity index (χ0v) is 12.5. The van der Waals surface area contributed by atoms with Crippen molar-refractivity contribution < 1.29 is 27.6 Å². The van der Waals surface area contributed by atoms with Crippen molar-refractivity contribution in [2.45, 2.75) is 12.9 Å². The number of amides is 2. The molecule has 0 unspecified atom stereocenters. The Labute approximate surface area is 139 Å². The van der Waals surface area contributed by atoms with Gasteiger partial charge in [0.1, 0.15) is 5.75 Å². The molecule has 0 bridgehead atoms. The predicted molar refractivity (Wildman–Crippen MR) is 82.1 cm³/mol. The smallest absolute Gasteiger partial charge is 0.405 e. The Kier molecular flexibility index (Phi) is 5.42. The molecule has 0 spiro atoms. The minimum absolute atomic E-state index is 0.119. The molecule has 2 aromatic rings. The Morgan fingerprint density at radius 3 is 2.56 bits per heavy atom. The Morgan fingerprint density at radius 1 is 1.16 bits per heavy atom. The Balaban J connectivity index is 1.99. The molecule has 132 valence electrons. The molecule has 2 N–H and O–H groups in total. The first-order valence-electron chi connectivity index (χ1n) is 6.87. The Morgan fingerprint density at radius 2 is 1.88 bits per heavy atom. The molecule has 7 nitrogen and oxygen atoms in total. The van der Waals surface area contributed by atoms with E-state index in [2.05, 4.69) is 15.4 Å². The number of rotatable bonds is 5. The summed E-state index contributed by atoms with van der Waals surface area (Å²) in [4.78, 5) is 21.9. The number of nitrogens with one attached hydrogen (secondary N) is 2. The topological polar surface area (TPSA) is 93.5 Å². The van der Waals surface area contributed by atoms with Crippen LogP contribution in [0.25, 0.3) is 0 Å². The number of nitro groups is 1. The fraction of sp³-hybridized carbons (Fsp3) is 0.133. The van der Waals surface area contributed by atoms with Gasteiger partial charge in [0, 0.05) is 29.9 Å². The number of alkyl halides is 3. The van der Waals surface area contributed by atoms with E-state index in [-0.39, 0.29) is 23.5 Å². The summed E-state index contributed by atoms with van der Waals surface area (Å²) in [7, 11) is 0. The molecular formula is C15H12F3N3O4. The predicted octanol–water partition coefficient (Wildman–Crippen LogP) is 3.82. The normalized spacial score (nSPS) is 10.8. The number of nitro benzene ring substituents is 1. The van der Waals surface area contributed by atoms with Crippen molar-refractivity contribution in [3.8, 4) is 5.75 Å². The van der Waals surface area contributed by atoms with E-state index in [1.807, 2.05) is 0 Å². The highest BCUT2D eigenvalue weighted by atomic mass is 19.4. The second kappa shape index (κ2) is 7.51. The van der Waals surface area contributed by atoms with E-state index < -0.39 is 23.1 Å². The SMILES string of the molecule is O=C(NCc1ccccc1OC(F)(F)F)Nc1cccc([N+](=O)[O-])c1. The van der Waals surface area contributed by atoms with Crippen molar-refractivity contribution in [3.63, 3.8) is 0 Å². The lowest BCUT2D eigenvalue weighted by atomic mass is 10.2. The molecule has 0 saturated heterocycles. The molecule has 0 atom stereocenters. The second-order valence-corrected chi connectivity index (χ2v) is 4.77. The first-order chi connectivity index (χ1) is 11.7. The van der Waals surface area contributed by atoms with Gasteiger partial charge in [-0.05, 0) is 12.1 Å². The molecule has 0 saturated carbocycles. The summed E-state index contributed by atoms with van der Waals surface area (Å²) in [6.07, 6.45) is -4.85. The third-order valence-electron chi connectivity index (χ3n) is 2.95. The summed E-state index contributed by atoms with van der Waals surface area (Å²) in [6.45, 7) is -0.229. The maximum atomic E-state index is 12.3. The van der Waals surface area contributed by atoms with Gasteiger partial charge in [0.05, 0.1) is 4.92 Å². The number of benzene rings is 2. The second-order valence-electron chi connectivity index (χ2n) is 4.77. The van der Waals surface area contributed by atoms with Crippen molar-refractivity contribution in [1.82, 2.24) is 5.32 Å². The van der Waals surface area contributed by atoms with Gasteiger partial charge in [0.25, 0.3) is 5.69 Å². The lowest BCUT2D eigenvalue weighted by Crippen LogP contribution is -2.28. The van der Waals surface area contributed by atoms with Gasteiger partial charge in [-0.2, -0.15) is 0 Å². The van der Waals surface area contributed by atoms with Crippen molar-refractivity contribution in [2.75, 3.05) is 5.32 Å². The van der Waals surface area contributed by atoms with Crippen molar-refractivity contribution in [2.24, 2.45) is 0 Å². The zero-order chi connectivity index (χ0) is 18.4. The molecule has 25 heavy (non-hydrogen) atoms. The number of hydrogen-bond donors (Lipinski definition) is 2. The maximum absolute atomic E-state index is 12.3. The molecule has 10 heteroatoms. The van der Waals surface area contributed by atoms with Gasteiger partial charge in [0.2, 0.25) is 0 Å². The van der Waals surface area contributed by atoms with Gasteiger partial charge in [-0.1, -0.05) is 24.3 Å². The minimum atomic E-state index is -4.85. The summed E-state index contributed by atoms with van der Waals surface area (Å²) >= 11 is 0. The van der Waals surface area contributed by atoms with Gasteiger partial charge < -0.3 is 15.4 Å². The lowest BCUT2D eigenvalue weighted by Gasteiger charge is -2.14. The van der Waals surface area contributed by atoms with E-state index in [1.54, 1.807) is 0 Å². The van der Waals surface area contributed by atoms with Crippen molar-refractivity contribution >= 4 is 17.4 Å². The van der Waals surface area contributed by atoms with Crippen LogP contribution in [0.5, 0.6) is 5.75 Å². The molecule has 2 amide bonds. The molecule has 2 rings (SSSR count). The largest absolute Gasteiger partial charge is 0.573 e. The number of para-hydroxylation sites is 1. The van der Waals surface area contributed by atoms with Crippen LogP contribution in [0.4, 0.5) is 29.3 Å². The van der Waals surface area contributed by atoms with Gasteiger partial charge in [0.15, 0.2) is 0 Å². The van der Waals surface area contributed by atoms with E-state index in [9.17, 15) is 28.1 Å². The molecule has 0 aromatic heterocycles. The number of nitrogens with zero attached hydrogens (tertiary/aromatic N) is 1. The number of halogens is 3. The molecule has 0 radical (unpaired) electrons. The van der Waals surface area contributed by atoms with Crippen molar-refractivity contribution in [3.05, 3.63) is 64.2 Å². The Bertz CT molecular complexity index is 781. The molecule has 0 aliphatic rings. The van der Waals surface area contributed by atoms with Crippen LogP contribution in [0.3, 0.4) is 0 Å². The molecule has 0 fully saturated rings. The molecule has 0 heterocycles. The molecular weight excluding hydrogens is 343 g/mol. The number of urea groups is 1. The van der Waals surface area contributed by atoms with Gasteiger partial charge in [-0.15, -0.1) is 13.2 Å². The lowest BCUT2D eigenvalue weighted by molar-refractivity contribution is -0.384. The first kappa shape index (κ1) is 18.0. The monoisotopic (exact) mass is 355 g/mol. The maximum Gasteiger partial charge on any atom is 0.573 e. The fourth-order valence-corrected chi connectivity index (χ4v) is 1.92. The summed E-state index contributed by atoms with van der Waals surface area (Å²) in [5.74, 6) is -0.425. The van der Waals surface area contributed by atoms with E-state index in [4.69, 9.17) is 0 Å². The highest BCUT2D eigenvalue weighted by molar-refractivity contribution is 5.89. The van der Waals surface area contributed by atoms with E-state index in [0.29, 0.717) is 0 Å². The zero-order valence-electron chi connectivity index (χ0n) is 12.5. The number of ether oxygens (including phenoxy) is 1. The summed E-state index contributed by atoms with van der Waals surface area (Å²) in [5.41, 5.74) is 0.0854. The fourth-order valence-electron chi connectivity index (χ4n) is 1.92. The molecule has 0 aliphatic carbocycles. The van der Waals surface area contributed by atoms with Crippen LogP contribution >= 0.6 is 0 Å². The highest BCUT2D eigenvalue weighted by Crippen LogP contribution is 2.26. The van der Waals surface area contributed by atoms with Crippen LogP contribution in [0.1, 0.15) is 5.56 Å². The summed E-state index contributed by atoms with van der Waals surface area (Å²) in [6, 6.07) is 9.87. The number of non-ortho nitro benzene ring substituents is 1. The van der Waals surface area contributed by atoms with Crippen LogP contribution in [-0.2, 0) is 6.54 Å². The molecule has 0 aliphatic heterocycles. The van der Waals surface area contributed by atoms with E-state index >= 15 is 0 Å². The van der Waals surface area contributed by atoms with Gasteiger partial charge in [-0.25, -0.2) is 4.79 Å². The third kappa shape index (κ3) is 5.68. The van der Waals surface area contributed by atoms with E-state index in [0.717, 1.165) is 12.1 Å². The van der Waals surface area contributed by atoms with Gasteiger partial charge >= 0.3 is 12.4 Å². The van der Waals surface area contributed by atoms with Gasteiger partial charge in [-0.3, -0.25) is 10.1 Å². The highest BCUT2D eigenvalue weighted by Gasteiger charge is 2.31. The number of anilines is 1.